The third kappa shape index (κ3) is 5.23. The zero-order chi connectivity index (χ0) is 24.5. The third-order valence-electron chi connectivity index (χ3n) is 7.33. The van der Waals surface area contributed by atoms with Crippen LogP contribution < -0.4 is 4.72 Å². The Kier molecular flexibility index (Phi) is 7.78. The van der Waals surface area contributed by atoms with Gasteiger partial charge in [0.25, 0.3) is 10.2 Å². The Labute approximate surface area is 200 Å². The molecule has 190 valence electrons. The highest BCUT2D eigenvalue weighted by Gasteiger charge is 2.55. The van der Waals surface area contributed by atoms with Crippen LogP contribution in [0.25, 0.3) is 0 Å². The number of halogens is 1. The summed E-state index contributed by atoms with van der Waals surface area (Å²) >= 11 is 0. The lowest BCUT2D eigenvalue weighted by Gasteiger charge is -2.34. The van der Waals surface area contributed by atoms with E-state index in [0.29, 0.717) is 19.1 Å². The van der Waals surface area contributed by atoms with Crippen LogP contribution in [0.1, 0.15) is 37.2 Å². The van der Waals surface area contributed by atoms with Crippen molar-refractivity contribution in [2.45, 2.75) is 55.8 Å². The highest BCUT2D eigenvalue weighted by Crippen LogP contribution is 2.38. The van der Waals surface area contributed by atoms with Gasteiger partial charge in [0.15, 0.2) is 0 Å². The van der Waals surface area contributed by atoms with E-state index in [9.17, 15) is 17.6 Å². The Morgan fingerprint density at radius 3 is 2.62 bits per heavy atom. The van der Waals surface area contributed by atoms with Crippen molar-refractivity contribution in [3.05, 3.63) is 35.6 Å². The molecule has 1 aromatic rings. The van der Waals surface area contributed by atoms with E-state index in [1.54, 1.807) is 17.0 Å². The number of rotatable bonds is 7. The molecule has 0 spiro atoms. The molecule has 0 aromatic heterocycles. The van der Waals surface area contributed by atoms with E-state index in [2.05, 4.69) is 4.72 Å². The van der Waals surface area contributed by atoms with Crippen LogP contribution in [0, 0.1) is 11.7 Å². The lowest BCUT2D eigenvalue weighted by atomic mass is 9.82. The van der Waals surface area contributed by atoms with Gasteiger partial charge in [0.05, 0.1) is 51.2 Å². The molecule has 2 heterocycles. The van der Waals surface area contributed by atoms with Crippen LogP contribution in [0.2, 0.25) is 0 Å². The number of nitrogens with zero attached hydrogens (tertiary/aromatic N) is 2. The molecule has 2 saturated heterocycles. The van der Waals surface area contributed by atoms with Crippen LogP contribution in [0.4, 0.5) is 9.18 Å². The van der Waals surface area contributed by atoms with Gasteiger partial charge in [0.1, 0.15) is 5.82 Å². The summed E-state index contributed by atoms with van der Waals surface area (Å²) in [6, 6.07) is 5.41. The van der Waals surface area contributed by atoms with Gasteiger partial charge >= 0.3 is 6.09 Å². The van der Waals surface area contributed by atoms with E-state index in [1.165, 1.54) is 27.3 Å². The van der Waals surface area contributed by atoms with Crippen LogP contribution in [0.15, 0.2) is 24.3 Å². The second-order valence-electron chi connectivity index (χ2n) is 9.51. The van der Waals surface area contributed by atoms with Crippen LogP contribution in [0.5, 0.6) is 0 Å². The molecule has 3 fully saturated rings. The lowest BCUT2D eigenvalue weighted by Crippen LogP contribution is -2.54. The first-order chi connectivity index (χ1) is 16.2. The normalized spacial score (nSPS) is 31.6. The van der Waals surface area contributed by atoms with Crippen LogP contribution >= 0.6 is 0 Å². The second-order valence-corrected chi connectivity index (χ2v) is 11.4. The average Bonchev–Trinajstić information content (AvgIpc) is 3.39. The maximum Gasteiger partial charge on any atom is 0.410 e. The van der Waals surface area contributed by atoms with Gasteiger partial charge in [-0.1, -0.05) is 12.1 Å². The molecule has 4 rings (SSSR count). The molecule has 11 heteroatoms. The zero-order valence-corrected chi connectivity index (χ0v) is 20.7. The van der Waals surface area contributed by atoms with Crippen molar-refractivity contribution >= 4 is 16.3 Å². The fourth-order valence-corrected chi connectivity index (χ4v) is 6.34. The van der Waals surface area contributed by atoms with E-state index in [1.807, 2.05) is 6.07 Å². The van der Waals surface area contributed by atoms with E-state index < -0.39 is 28.4 Å². The maximum atomic E-state index is 13.6. The van der Waals surface area contributed by atoms with Gasteiger partial charge in [-0.25, -0.2) is 9.18 Å². The number of hydrogen-bond acceptors (Lipinski definition) is 6. The number of ether oxygens (including phenoxy) is 3. The van der Waals surface area contributed by atoms with Gasteiger partial charge in [-0.05, 0) is 49.3 Å². The smallest absolute Gasteiger partial charge is 0.410 e. The van der Waals surface area contributed by atoms with Gasteiger partial charge in [-0.15, -0.1) is 0 Å². The van der Waals surface area contributed by atoms with Crippen molar-refractivity contribution in [2.24, 2.45) is 5.92 Å². The first-order valence-electron chi connectivity index (χ1n) is 11.7. The molecule has 4 unspecified atom stereocenters. The largest absolute Gasteiger partial charge is 0.453 e. The molecule has 0 bridgehead atoms. The maximum absolute atomic E-state index is 13.6. The highest BCUT2D eigenvalue weighted by atomic mass is 32.2. The van der Waals surface area contributed by atoms with Gasteiger partial charge in [-0.3, -0.25) is 4.90 Å². The van der Waals surface area contributed by atoms with E-state index in [4.69, 9.17) is 14.2 Å². The topological polar surface area (TPSA) is 97.4 Å². The SMILES string of the molecule is COC(=O)N1C2COCC2C(NS(=O)(=O)N(C)C)C1COC1CCC(c2cccc(F)c2)CC1. The number of hydrogen-bond donors (Lipinski definition) is 1. The van der Waals surface area contributed by atoms with E-state index >= 15 is 0 Å². The number of fused-ring (bicyclic) bond motifs is 1. The Morgan fingerprint density at radius 2 is 1.97 bits per heavy atom. The minimum absolute atomic E-state index is 0.00731. The summed E-state index contributed by atoms with van der Waals surface area (Å²) in [5, 5.41) is 0. The van der Waals surface area contributed by atoms with Crippen molar-refractivity contribution in [1.29, 1.82) is 0 Å². The molecule has 1 aliphatic carbocycles. The minimum atomic E-state index is -3.73. The summed E-state index contributed by atoms with van der Waals surface area (Å²) in [7, 11) is 0.502. The van der Waals surface area contributed by atoms with Crippen LogP contribution in [-0.2, 0) is 24.4 Å². The third-order valence-corrected chi connectivity index (χ3v) is 8.86. The zero-order valence-electron chi connectivity index (χ0n) is 19.9. The highest BCUT2D eigenvalue weighted by molar-refractivity contribution is 7.87. The summed E-state index contributed by atoms with van der Waals surface area (Å²) in [6.45, 7) is 0.876. The standard InChI is InChI=1S/C23H34FN3O6S/c1-26(2)34(29,30)25-22-19-12-32-13-20(19)27(23(28)31-3)21(22)14-33-18-9-7-15(8-10-18)16-5-4-6-17(24)11-16/h4-6,11,15,18-22,25H,7-10,12-14H2,1-3H3. The van der Waals surface area contributed by atoms with Crippen molar-refractivity contribution in [2.75, 3.05) is 41.0 Å². The Bertz CT molecular complexity index is 969. The molecule has 4 atom stereocenters. The molecule has 3 aliphatic rings. The Balaban J connectivity index is 1.44. The van der Waals surface area contributed by atoms with Crippen LogP contribution in [-0.4, -0.2) is 89.0 Å². The van der Waals surface area contributed by atoms with Crippen molar-refractivity contribution in [3.8, 4) is 0 Å². The summed E-state index contributed by atoms with van der Waals surface area (Å²) < 4.78 is 59.6. The van der Waals surface area contributed by atoms with Gasteiger partial charge in [0.2, 0.25) is 0 Å². The van der Waals surface area contributed by atoms with Gasteiger partial charge < -0.3 is 14.2 Å². The molecule has 1 amide bonds. The number of nitrogens with one attached hydrogen (secondary N) is 1. The van der Waals surface area contributed by atoms with Gasteiger partial charge in [-0.2, -0.15) is 17.4 Å². The second kappa shape index (κ2) is 10.4. The molecule has 34 heavy (non-hydrogen) atoms. The molecule has 2 aliphatic heterocycles. The molecule has 1 aromatic carbocycles. The monoisotopic (exact) mass is 499 g/mol. The molecule has 9 nitrogen and oxygen atoms in total. The predicted molar refractivity (Wildman–Crippen MR) is 123 cm³/mol. The predicted octanol–water partition coefficient (Wildman–Crippen LogP) is 2.10. The summed E-state index contributed by atoms with van der Waals surface area (Å²) in [6.07, 6.45) is 2.87. The lowest BCUT2D eigenvalue weighted by molar-refractivity contribution is -0.0138. The van der Waals surface area contributed by atoms with E-state index in [0.717, 1.165) is 35.6 Å². The molecular weight excluding hydrogens is 465 g/mol. The fraction of sp³-hybridized carbons (Fsp3) is 0.696. The first-order valence-corrected chi connectivity index (χ1v) is 13.2. The number of likely N-dealkylation sites (tertiary alicyclic amines) is 1. The van der Waals surface area contributed by atoms with Crippen molar-refractivity contribution in [3.63, 3.8) is 0 Å². The van der Waals surface area contributed by atoms with Crippen LogP contribution in [0.3, 0.4) is 0 Å². The minimum Gasteiger partial charge on any atom is -0.453 e. The number of carbonyl (C=O) groups excluding carboxylic acids is 1. The number of carbonyl (C=O) groups is 1. The Hall–Kier alpha value is -1.79. The molecule has 1 saturated carbocycles. The molecular formula is C23H34FN3O6S. The summed E-state index contributed by atoms with van der Waals surface area (Å²) in [5.74, 6) is -0.114. The van der Waals surface area contributed by atoms with Crippen molar-refractivity contribution in [1.82, 2.24) is 13.9 Å². The molecule has 1 N–H and O–H groups in total. The summed E-state index contributed by atoms with van der Waals surface area (Å²) in [5.41, 5.74) is 1.01. The number of benzene rings is 1. The van der Waals surface area contributed by atoms with Crippen molar-refractivity contribution < 1.29 is 31.8 Å². The first kappa shape index (κ1) is 25.3. The number of amides is 1. The summed E-state index contributed by atoms with van der Waals surface area (Å²) in [4.78, 5) is 14.2. The molecule has 0 radical (unpaired) electrons. The van der Waals surface area contributed by atoms with E-state index in [-0.39, 0.29) is 30.5 Å². The number of methoxy groups -OCH3 is 1. The quantitative estimate of drug-likeness (QED) is 0.617. The fourth-order valence-electron chi connectivity index (χ4n) is 5.45. The Morgan fingerprint density at radius 1 is 1.24 bits per heavy atom. The van der Waals surface area contributed by atoms with Gasteiger partial charge in [0, 0.05) is 20.0 Å². The average molecular weight is 500 g/mol.